The van der Waals surface area contributed by atoms with Gasteiger partial charge in [-0.25, -0.2) is 4.98 Å². The Morgan fingerprint density at radius 2 is 2.00 bits per heavy atom. The van der Waals surface area contributed by atoms with E-state index in [9.17, 15) is 13.2 Å². The van der Waals surface area contributed by atoms with Gasteiger partial charge in [-0.3, -0.25) is 4.99 Å². The third-order valence-electron chi connectivity index (χ3n) is 3.46. The van der Waals surface area contributed by atoms with Gasteiger partial charge in [0.25, 0.3) is 0 Å². The first-order valence-electron chi connectivity index (χ1n) is 7.97. The number of hydrogen-bond acceptors (Lipinski definition) is 5. The summed E-state index contributed by atoms with van der Waals surface area (Å²) in [5.41, 5.74) is 2.88. The summed E-state index contributed by atoms with van der Waals surface area (Å²) in [4.78, 5) is 8.90. The fourth-order valence-corrected chi connectivity index (χ4v) is 3.75. The number of nitrogens with one attached hydrogen (secondary N) is 1. The average molecular weight is 412 g/mol. The van der Waals surface area contributed by atoms with Crippen molar-refractivity contribution in [1.29, 1.82) is 0 Å². The molecule has 144 valence electrons. The number of anilines is 2. The van der Waals surface area contributed by atoms with Gasteiger partial charge in [0.1, 0.15) is 0 Å². The van der Waals surface area contributed by atoms with Crippen LogP contribution in [0.3, 0.4) is 0 Å². The predicted octanol–water partition coefficient (Wildman–Crippen LogP) is 7.03. The van der Waals surface area contributed by atoms with E-state index in [0.717, 1.165) is 34.8 Å². The van der Waals surface area contributed by atoms with Crippen LogP contribution in [-0.4, -0.2) is 17.0 Å². The Morgan fingerprint density at radius 3 is 2.59 bits per heavy atom. The zero-order chi connectivity index (χ0) is 20.2. The molecule has 0 aliphatic rings. The molecule has 8 heteroatoms. The van der Waals surface area contributed by atoms with Crippen molar-refractivity contribution in [3.8, 4) is 0 Å². The molecule has 0 amide bonds. The van der Waals surface area contributed by atoms with Crippen LogP contribution in [0.25, 0.3) is 5.57 Å². The molecule has 0 aliphatic heterocycles. The fourth-order valence-electron chi connectivity index (χ4n) is 2.36. The number of nitrogens with zero attached hydrogens (tertiary/aromatic N) is 2. The van der Waals surface area contributed by atoms with Crippen molar-refractivity contribution in [3.05, 3.63) is 53.2 Å². The van der Waals surface area contributed by atoms with E-state index in [-0.39, 0.29) is 4.90 Å². The van der Waals surface area contributed by atoms with E-state index in [1.54, 1.807) is 12.3 Å². The first kappa shape index (κ1) is 21.2. The Morgan fingerprint density at radius 1 is 1.30 bits per heavy atom. The summed E-state index contributed by atoms with van der Waals surface area (Å²) in [6, 6.07) is 4.20. The molecular weight excluding hydrogens is 391 g/mol. The van der Waals surface area contributed by atoms with Crippen molar-refractivity contribution >= 4 is 45.2 Å². The van der Waals surface area contributed by atoms with E-state index >= 15 is 0 Å². The Labute approximate surface area is 165 Å². The zero-order valence-corrected chi connectivity index (χ0v) is 17.1. The summed E-state index contributed by atoms with van der Waals surface area (Å²) in [5.74, 6) is 0. The largest absolute Gasteiger partial charge is 0.417 e. The molecule has 1 heterocycles. The molecule has 0 saturated carbocycles. The van der Waals surface area contributed by atoms with Crippen molar-refractivity contribution in [1.82, 2.24) is 4.98 Å². The van der Waals surface area contributed by atoms with Gasteiger partial charge < -0.3 is 5.32 Å². The summed E-state index contributed by atoms with van der Waals surface area (Å²) in [6.45, 7) is 9.33. The van der Waals surface area contributed by atoms with Crippen molar-refractivity contribution in [2.75, 3.05) is 11.6 Å². The quantitative estimate of drug-likeness (QED) is 0.410. The van der Waals surface area contributed by atoms with Gasteiger partial charge >= 0.3 is 6.18 Å². The lowest BCUT2D eigenvalue weighted by Crippen LogP contribution is -2.07. The standard InChI is InChI=1S/C19H20F3N3S2/c1-11(2)23-13(4)8-12(3)16-10-27-18(25-16)24-14-6-7-17(26-5)15(9-14)19(20,21)22/h6-10H,1H2,2-5H3,(H,24,25)/b12-8+,23-13?. The zero-order valence-electron chi connectivity index (χ0n) is 15.4. The van der Waals surface area contributed by atoms with Gasteiger partial charge in [-0.05, 0) is 56.9 Å². The van der Waals surface area contributed by atoms with Gasteiger partial charge in [0.2, 0.25) is 0 Å². The van der Waals surface area contributed by atoms with Crippen molar-refractivity contribution < 1.29 is 13.2 Å². The molecule has 0 radical (unpaired) electrons. The van der Waals surface area contributed by atoms with Crippen LogP contribution in [-0.2, 0) is 6.18 Å². The number of halogens is 3. The minimum atomic E-state index is -4.40. The van der Waals surface area contributed by atoms with E-state index < -0.39 is 11.7 Å². The van der Waals surface area contributed by atoms with Crippen molar-refractivity contribution in [2.45, 2.75) is 31.8 Å². The second-order valence-corrected chi connectivity index (χ2v) is 7.60. The summed E-state index contributed by atoms with van der Waals surface area (Å²) in [7, 11) is 0. The van der Waals surface area contributed by atoms with E-state index in [0.29, 0.717) is 16.5 Å². The molecule has 1 aromatic heterocycles. The maximum Gasteiger partial charge on any atom is 0.417 e. The van der Waals surface area contributed by atoms with Crippen molar-refractivity contribution in [3.63, 3.8) is 0 Å². The van der Waals surface area contributed by atoms with Crippen LogP contribution < -0.4 is 5.32 Å². The number of allylic oxidation sites excluding steroid dienone is 3. The highest BCUT2D eigenvalue weighted by atomic mass is 32.2. The Kier molecular flexibility index (Phi) is 6.89. The van der Waals surface area contributed by atoms with Gasteiger partial charge in [0, 0.05) is 27.4 Å². The second kappa shape index (κ2) is 8.75. The van der Waals surface area contributed by atoms with Crippen LogP contribution in [0.4, 0.5) is 24.0 Å². The van der Waals surface area contributed by atoms with Crippen LogP contribution in [0.5, 0.6) is 0 Å². The molecular formula is C19H20F3N3S2. The van der Waals surface area contributed by atoms with Gasteiger partial charge in [0.05, 0.1) is 11.3 Å². The smallest absolute Gasteiger partial charge is 0.332 e. The highest BCUT2D eigenvalue weighted by molar-refractivity contribution is 7.98. The Bertz CT molecular complexity index is 896. The fraction of sp³-hybridized carbons (Fsp3) is 0.263. The molecule has 1 N–H and O–H groups in total. The van der Waals surface area contributed by atoms with E-state index in [1.165, 1.54) is 17.4 Å². The van der Waals surface area contributed by atoms with Gasteiger partial charge in [-0.2, -0.15) is 13.2 Å². The highest BCUT2D eigenvalue weighted by Crippen LogP contribution is 2.38. The molecule has 1 aromatic carbocycles. The lowest BCUT2D eigenvalue weighted by molar-refractivity contribution is -0.139. The first-order chi connectivity index (χ1) is 12.6. The number of hydrogen-bond donors (Lipinski definition) is 1. The van der Waals surface area contributed by atoms with Crippen LogP contribution in [0.15, 0.2) is 51.8 Å². The van der Waals surface area contributed by atoms with Crippen LogP contribution in [0.2, 0.25) is 0 Å². The molecule has 2 rings (SSSR count). The molecule has 2 aromatic rings. The van der Waals surface area contributed by atoms with Crippen molar-refractivity contribution in [2.24, 2.45) is 4.99 Å². The first-order valence-corrected chi connectivity index (χ1v) is 10.1. The summed E-state index contributed by atoms with van der Waals surface area (Å²) in [5, 5.41) is 5.33. The number of aliphatic imine (C=N–C) groups is 1. The molecule has 0 fully saturated rings. The molecule has 0 saturated heterocycles. The normalized spacial score (nSPS) is 13.0. The van der Waals surface area contributed by atoms with E-state index in [2.05, 4.69) is 21.9 Å². The molecule has 0 atom stereocenters. The molecule has 0 bridgehead atoms. The predicted molar refractivity (Wildman–Crippen MR) is 110 cm³/mol. The number of aromatic nitrogens is 1. The summed E-state index contributed by atoms with van der Waals surface area (Å²) >= 11 is 2.40. The molecule has 0 aliphatic carbocycles. The third kappa shape index (κ3) is 5.97. The number of alkyl halides is 3. The van der Waals surface area contributed by atoms with Crippen LogP contribution >= 0.6 is 23.1 Å². The van der Waals surface area contributed by atoms with E-state index in [1.807, 2.05) is 32.2 Å². The topological polar surface area (TPSA) is 37.3 Å². The van der Waals surface area contributed by atoms with E-state index in [4.69, 9.17) is 0 Å². The molecule has 3 nitrogen and oxygen atoms in total. The Hall–Kier alpha value is -2.06. The molecule has 27 heavy (non-hydrogen) atoms. The monoisotopic (exact) mass is 411 g/mol. The maximum absolute atomic E-state index is 13.2. The van der Waals surface area contributed by atoms with Crippen LogP contribution in [0.1, 0.15) is 32.0 Å². The average Bonchev–Trinajstić information content (AvgIpc) is 3.01. The summed E-state index contributed by atoms with van der Waals surface area (Å²) in [6.07, 6.45) is -0.884. The maximum atomic E-state index is 13.2. The number of thiazole rings is 1. The minimum Gasteiger partial charge on any atom is -0.332 e. The minimum absolute atomic E-state index is 0.193. The number of rotatable bonds is 6. The SMILES string of the molecule is C=C(C)N=C(C)/C=C(\C)c1csc(Nc2ccc(SC)c(C(F)(F)F)c2)n1. The summed E-state index contributed by atoms with van der Waals surface area (Å²) < 4.78 is 39.6. The van der Waals surface area contributed by atoms with Gasteiger partial charge in [-0.1, -0.05) is 6.58 Å². The second-order valence-electron chi connectivity index (χ2n) is 5.89. The van der Waals surface area contributed by atoms with Gasteiger partial charge in [-0.15, -0.1) is 23.1 Å². The molecule has 0 spiro atoms. The van der Waals surface area contributed by atoms with Gasteiger partial charge in [0.15, 0.2) is 5.13 Å². The molecule has 0 unspecified atom stereocenters. The number of thioether (sulfide) groups is 1. The lowest BCUT2D eigenvalue weighted by atomic mass is 10.2. The van der Waals surface area contributed by atoms with Crippen LogP contribution in [0, 0.1) is 0 Å². The number of benzene rings is 1. The lowest BCUT2D eigenvalue weighted by Gasteiger charge is -2.13. The Balaban J connectivity index is 2.23. The third-order valence-corrected chi connectivity index (χ3v) is 5.01. The highest BCUT2D eigenvalue weighted by Gasteiger charge is 2.33.